The third-order valence-corrected chi connectivity index (χ3v) is 9.26. The number of halogens is 2. The van der Waals surface area contributed by atoms with Crippen LogP contribution in [-0.4, -0.2) is 101 Å². The second-order valence-electron chi connectivity index (χ2n) is 12.5. The third kappa shape index (κ3) is 6.85. The highest BCUT2D eigenvalue weighted by molar-refractivity contribution is 6.30. The third-order valence-electron chi connectivity index (χ3n) is 9.03. The lowest BCUT2D eigenvalue weighted by molar-refractivity contribution is -0.145. The summed E-state index contributed by atoms with van der Waals surface area (Å²) in [6, 6.07) is 7.94. The van der Waals surface area contributed by atoms with Crippen molar-refractivity contribution < 1.29 is 18.7 Å². The summed E-state index contributed by atoms with van der Waals surface area (Å²) in [6.07, 6.45) is 3.60. The van der Waals surface area contributed by atoms with Crippen LogP contribution in [0.15, 0.2) is 36.7 Å². The predicted molar refractivity (Wildman–Crippen MR) is 169 cm³/mol. The quantitative estimate of drug-likeness (QED) is 0.332. The molecule has 6 rings (SSSR count). The molecule has 238 valence electrons. The van der Waals surface area contributed by atoms with Gasteiger partial charge in [-0.15, -0.1) is 10.2 Å². The van der Waals surface area contributed by atoms with E-state index in [1.807, 2.05) is 6.92 Å². The first-order valence-corrected chi connectivity index (χ1v) is 15.5. The number of aromatic nitrogens is 4. The minimum Gasteiger partial charge on any atom is -0.465 e. The molecular formula is C31H37ClFN9O3. The molecule has 1 aliphatic carbocycles. The van der Waals surface area contributed by atoms with Gasteiger partial charge >= 0.3 is 5.97 Å². The van der Waals surface area contributed by atoms with E-state index in [4.69, 9.17) is 16.3 Å². The van der Waals surface area contributed by atoms with Crippen molar-refractivity contribution in [3.8, 4) is 11.3 Å². The van der Waals surface area contributed by atoms with E-state index >= 15 is 0 Å². The number of ether oxygens (including phenoxy) is 1. The molecule has 1 saturated carbocycles. The number of cyclic esters (lactones) is 1. The molecule has 1 atom stereocenters. The molecule has 0 bridgehead atoms. The van der Waals surface area contributed by atoms with Crippen LogP contribution in [-0.2, 0) is 14.3 Å². The van der Waals surface area contributed by atoms with Gasteiger partial charge in [0.15, 0.2) is 5.82 Å². The SMILES string of the molecule is CN1CCN(C2CC(C(=O)Nc3cc(Nc4cc(-c5cc(Cl)ccc5F)nnc4N(C)CC4(C)CCOC4=O)ncn3)C2)CC1. The Morgan fingerprint density at radius 2 is 1.89 bits per heavy atom. The summed E-state index contributed by atoms with van der Waals surface area (Å²) in [6.45, 7) is 6.70. The second-order valence-corrected chi connectivity index (χ2v) is 12.9. The zero-order valence-electron chi connectivity index (χ0n) is 25.6. The molecule has 0 radical (unpaired) electrons. The first kappa shape index (κ1) is 31.1. The van der Waals surface area contributed by atoms with E-state index < -0.39 is 11.2 Å². The summed E-state index contributed by atoms with van der Waals surface area (Å²) in [4.78, 5) is 40.7. The number of benzene rings is 1. The molecule has 3 fully saturated rings. The smallest absolute Gasteiger partial charge is 0.313 e. The van der Waals surface area contributed by atoms with Crippen LogP contribution >= 0.6 is 11.6 Å². The molecule has 45 heavy (non-hydrogen) atoms. The Balaban J connectivity index is 1.19. The van der Waals surface area contributed by atoms with E-state index in [0.29, 0.717) is 53.8 Å². The molecule has 3 aliphatic rings. The molecule has 1 amide bonds. The molecule has 1 unspecified atom stereocenters. The number of nitrogens with zero attached hydrogens (tertiary/aromatic N) is 7. The number of likely N-dealkylation sites (N-methyl/N-ethyl adjacent to an activating group) is 1. The van der Waals surface area contributed by atoms with E-state index in [1.165, 1.54) is 24.5 Å². The van der Waals surface area contributed by atoms with E-state index in [0.717, 1.165) is 39.0 Å². The van der Waals surface area contributed by atoms with Crippen molar-refractivity contribution in [3.63, 3.8) is 0 Å². The fraction of sp³-hybridized carbons (Fsp3) is 0.484. The standard InChI is InChI=1S/C31H37ClFN9O3/c1-31(6-11-45-30(31)44)17-41(3)28-25(15-24(38-39-28)22-14-20(32)4-5-23(22)33)36-26-16-27(35-18-34-26)37-29(43)19-12-21(13-19)42-9-7-40(2)8-10-42/h4-5,14-16,18-19,21H,6-13,17H2,1-3H3,(H2,34,35,36,37,38,43). The Morgan fingerprint density at radius 1 is 1.13 bits per heavy atom. The Kier molecular flexibility index (Phi) is 8.85. The van der Waals surface area contributed by atoms with Gasteiger partial charge in [-0.2, -0.15) is 0 Å². The fourth-order valence-electron chi connectivity index (χ4n) is 6.12. The fourth-order valence-corrected chi connectivity index (χ4v) is 6.29. The number of carbonyl (C=O) groups excluding carboxylic acids is 2. The molecule has 4 heterocycles. The summed E-state index contributed by atoms with van der Waals surface area (Å²) in [7, 11) is 3.93. The molecule has 14 heteroatoms. The van der Waals surface area contributed by atoms with Gasteiger partial charge in [-0.25, -0.2) is 14.4 Å². The molecular weight excluding hydrogens is 601 g/mol. The van der Waals surface area contributed by atoms with Gasteiger partial charge in [-0.1, -0.05) is 11.6 Å². The molecule has 2 aromatic heterocycles. The van der Waals surface area contributed by atoms with Crippen molar-refractivity contribution in [3.05, 3.63) is 47.5 Å². The van der Waals surface area contributed by atoms with Crippen molar-refractivity contribution in [1.82, 2.24) is 30.0 Å². The molecule has 2 aliphatic heterocycles. The van der Waals surface area contributed by atoms with Crippen LogP contribution in [0.4, 0.5) is 27.5 Å². The van der Waals surface area contributed by atoms with Crippen LogP contribution in [0.5, 0.6) is 0 Å². The topological polar surface area (TPSA) is 129 Å². The van der Waals surface area contributed by atoms with Crippen molar-refractivity contribution in [2.24, 2.45) is 11.3 Å². The average Bonchev–Trinajstić information content (AvgIpc) is 3.31. The molecule has 12 nitrogen and oxygen atoms in total. The highest BCUT2D eigenvalue weighted by atomic mass is 35.5. The van der Waals surface area contributed by atoms with E-state index in [1.54, 1.807) is 24.1 Å². The Labute approximate surface area is 266 Å². The van der Waals surface area contributed by atoms with E-state index in [2.05, 4.69) is 47.6 Å². The van der Waals surface area contributed by atoms with Crippen LogP contribution in [0, 0.1) is 17.2 Å². The van der Waals surface area contributed by atoms with Crippen molar-refractivity contribution >= 4 is 46.6 Å². The van der Waals surface area contributed by atoms with Gasteiger partial charge < -0.3 is 25.2 Å². The summed E-state index contributed by atoms with van der Waals surface area (Å²) in [5.41, 5.74) is 0.179. The molecule has 2 saturated heterocycles. The monoisotopic (exact) mass is 637 g/mol. The largest absolute Gasteiger partial charge is 0.465 e. The van der Waals surface area contributed by atoms with E-state index in [-0.39, 0.29) is 29.1 Å². The summed E-state index contributed by atoms with van der Waals surface area (Å²) >= 11 is 6.15. The average molecular weight is 638 g/mol. The Hall–Kier alpha value is -3.94. The number of hydrogen-bond donors (Lipinski definition) is 2. The molecule has 2 N–H and O–H groups in total. The lowest BCUT2D eigenvalue weighted by atomic mass is 9.78. The van der Waals surface area contributed by atoms with Crippen molar-refractivity contribution in [1.29, 1.82) is 0 Å². The maximum atomic E-state index is 14.8. The van der Waals surface area contributed by atoms with Gasteiger partial charge in [0, 0.05) is 68.4 Å². The number of piperazine rings is 1. The normalized spacial score (nSPS) is 23.7. The number of amides is 1. The Bertz CT molecular complexity index is 1580. The van der Waals surface area contributed by atoms with Crippen LogP contribution in [0.2, 0.25) is 5.02 Å². The number of rotatable bonds is 9. The molecule has 3 aromatic rings. The number of esters is 1. The number of hydrogen-bond acceptors (Lipinski definition) is 11. The zero-order chi connectivity index (χ0) is 31.7. The first-order valence-electron chi connectivity index (χ1n) is 15.1. The molecule has 1 aromatic carbocycles. The minimum atomic E-state index is -0.720. The van der Waals surface area contributed by atoms with Crippen LogP contribution < -0.4 is 15.5 Å². The van der Waals surface area contributed by atoms with Gasteiger partial charge in [0.25, 0.3) is 0 Å². The van der Waals surface area contributed by atoms with Gasteiger partial charge in [-0.3, -0.25) is 14.5 Å². The van der Waals surface area contributed by atoms with Gasteiger partial charge in [-0.05, 0) is 57.5 Å². The Morgan fingerprint density at radius 3 is 2.62 bits per heavy atom. The highest BCUT2D eigenvalue weighted by Gasteiger charge is 2.42. The molecule has 0 spiro atoms. The van der Waals surface area contributed by atoms with Crippen molar-refractivity contribution in [2.75, 3.05) is 69.0 Å². The number of anilines is 4. The predicted octanol–water partition coefficient (Wildman–Crippen LogP) is 3.82. The number of carbonyl (C=O) groups is 2. The zero-order valence-corrected chi connectivity index (χ0v) is 26.3. The summed E-state index contributed by atoms with van der Waals surface area (Å²) in [5, 5.41) is 15.2. The first-order chi connectivity index (χ1) is 21.6. The van der Waals surface area contributed by atoms with Gasteiger partial charge in [0.2, 0.25) is 5.91 Å². The summed E-state index contributed by atoms with van der Waals surface area (Å²) in [5.74, 6) is 0.258. The lowest BCUT2D eigenvalue weighted by Crippen LogP contribution is -2.54. The lowest BCUT2D eigenvalue weighted by Gasteiger charge is -2.45. The van der Waals surface area contributed by atoms with E-state index in [9.17, 15) is 14.0 Å². The maximum absolute atomic E-state index is 14.8. The van der Waals surface area contributed by atoms with Gasteiger partial charge in [0.1, 0.15) is 23.8 Å². The maximum Gasteiger partial charge on any atom is 0.313 e. The van der Waals surface area contributed by atoms with Crippen LogP contribution in [0.1, 0.15) is 26.2 Å². The van der Waals surface area contributed by atoms with Crippen molar-refractivity contribution in [2.45, 2.75) is 32.2 Å². The van der Waals surface area contributed by atoms with Crippen LogP contribution in [0.25, 0.3) is 11.3 Å². The second kappa shape index (κ2) is 12.8. The minimum absolute atomic E-state index is 0.0635. The highest BCUT2D eigenvalue weighted by Crippen LogP contribution is 2.36. The van der Waals surface area contributed by atoms with Crippen LogP contribution in [0.3, 0.4) is 0 Å². The summed E-state index contributed by atoms with van der Waals surface area (Å²) < 4.78 is 20.0. The van der Waals surface area contributed by atoms with Gasteiger partial charge in [0.05, 0.1) is 23.4 Å². The number of nitrogens with one attached hydrogen (secondary N) is 2.